The first-order valence-electron chi connectivity index (χ1n) is 7.10. The molecule has 0 aliphatic heterocycles. The molecule has 1 aromatic carbocycles. The molecular formula is C16H25N3. The van der Waals surface area contributed by atoms with Crippen LogP contribution in [0, 0.1) is 0 Å². The van der Waals surface area contributed by atoms with Crippen molar-refractivity contribution in [3.8, 4) is 0 Å². The van der Waals surface area contributed by atoms with Gasteiger partial charge in [-0.1, -0.05) is 33.8 Å². The summed E-state index contributed by atoms with van der Waals surface area (Å²) in [6.45, 7) is 9.80. The highest BCUT2D eigenvalue weighted by molar-refractivity contribution is 5.76. The number of hydrogen-bond acceptors (Lipinski definition) is 2. The smallest absolute Gasteiger partial charge is 0.112 e. The maximum atomic E-state index is 4.69. The fourth-order valence-electron chi connectivity index (χ4n) is 2.38. The number of nitrogens with zero attached hydrogens (tertiary/aromatic N) is 1. The number of aromatic nitrogens is 2. The van der Waals surface area contributed by atoms with Crippen molar-refractivity contribution >= 4 is 11.0 Å². The van der Waals surface area contributed by atoms with Crippen LogP contribution < -0.4 is 5.32 Å². The van der Waals surface area contributed by atoms with Crippen LogP contribution >= 0.6 is 0 Å². The highest BCUT2D eigenvalue weighted by Crippen LogP contribution is 2.26. The van der Waals surface area contributed by atoms with E-state index in [4.69, 9.17) is 0 Å². The summed E-state index contributed by atoms with van der Waals surface area (Å²) in [6.07, 6.45) is 1.15. The van der Waals surface area contributed by atoms with E-state index in [0.717, 1.165) is 29.8 Å². The molecule has 0 fully saturated rings. The molecule has 0 amide bonds. The summed E-state index contributed by atoms with van der Waals surface area (Å²) in [4.78, 5) is 8.15. The average Bonchev–Trinajstić information content (AvgIpc) is 2.78. The van der Waals surface area contributed by atoms with E-state index in [1.165, 1.54) is 5.56 Å². The Hall–Kier alpha value is -1.35. The van der Waals surface area contributed by atoms with E-state index in [-0.39, 0.29) is 5.41 Å². The Labute approximate surface area is 115 Å². The summed E-state index contributed by atoms with van der Waals surface area (Å²) in [5, 5.41) is 3.27. The fraction of sp³-hybridized carbons (Fsp3) is 0.562. The van der Waals surface area contributed by atoms with Crippen molar-refractivity contribution < 1.29 is 0 Å². The zero-order chi connectivity index (χ0) is 14.0. The van der Waals surface area contributed by atoms with Gasteiger partial charge in [-0.2, -0.15) is 0 Å². The van der Waals surface area contributed by atoms with Crippen molar-refractivity contribution in [2.75, 3.05) is 13.6 Å². The molecule has 19 heavy (non-hydrogen) atoms. The normalized spacial score (nSPS) is 13.9. The Kier molecular flexibility index (Phi) is 3.95. The quantitative estimate of drug-likeness (QED) is 0.881. The lowest BCUT2D eigenvalue weighted by Crippen LogP contribution is -2.16. The van der Waals surface area contributed by atoms with Gasteiger partial charge in [-0.15, -0.1) is 0 Å². The van der Waals surface area contributed by atoms with E-state index in [0.29, 0.717) is 5.92 Å². The third kappa shape index (κ3) is 2.98. The molecule has 2 rings (SSSR count). The largest absolute Gasteiger partial charge is 0.342 e. The Morgan fingerprint density at radius 2 is 2.05 bits per heavy atom. The summed E-state index contributed by atoms with van der Waals surface area (Å²) in [5.74, 6) is 1.62. The number of aromatic amines is 1. The summed E-state index contributed by atoms with van der Waals surface area (Å²) in [7, 11) is 2.01. The molecule has 0 bridgehead atoms. The van der Waals surface area contributed by atoms with Crippen LogP contribution in [0.4, 0.5) is 0 Å². The van der Waals surface area contributed by atoms with Crippen molar-refractivity contribution in [2.24, 2.45) is 0 Å². The summed E-state index contributed by atoms with van der Waals surface area (Å²) in [6, 6.07) is 6.60. The zero-order valence-electron chi connectivity index (χ0n) is 12.7. The molecular weight excluding hydrogens is 234 g/mol. The minimum atomic E-state index is 0.0638. The van der Waals surface area contributed by atoms with Crippen LogP contribution in [0.1, 0.15) is 51.4 Å². The van der Waals surface area contributed by atoms with Gasteiger partial charge < -0.3 is 10.3 Å². The highest BCUT2D eigenvalue weighted by atomic mass is 14.9. The number of nitrogens with one attached hydrogen (secondary N) is 2. The van der Waals surface area contributed by atoms with E-state index in [9.17, 15) is 0 Å². The molecule has 1 aromatic heterocycles. The van der Waals surface area contributed by atoms with Gasteiger partial charge in [0.25, 0.3) is 0 Å². The van der Waals surface area contributed by atoms with Crippen molar-refractivity contribution in [1.29, 1.82) is 0 Å². The lowest BCUT2D eigenvalue weighted by molar-refractivity contribution is 0.554. The fourth-order valence-corrected chi connectivity index (χ4v) is 2.38. The third-order valence-electron chi connectivity index (χ3n) is 3.63. The van der Waals surface area contributed by atoms with E-state index in [1.807, 2.05) is 7.05 Å². The van der Waals surface area contributed by atoms with Crippen molar-refractivity contribution in [1.82, 2.24) is 15.3 Å². The second-order valence-corrected chi connectivity index (χ2v) is 6.27. The summed E-state index contributed by atoms with van der Waals surface area (Å²) >= 11 is 0. The van der Waals surface area contributed by atoms with Crippen molar-refractivity contribution in [2.45, 2.75) is 45.4 Å². The topological polar surface area (TPSA) is 40.7 Å². The van der Waals surface area contributed by atoms with Gasteiger partial charge in [0.2, 0.25) is 0 Å². The van der Waals surface area contributed by atoms with Crippen LogP contribution in [-0.2, 0) is 5.41 Å². The zero-order valence-corrected chi connectivity index (χ0v) is 12.7. The predicted octanol–water partition coefficient (Wildman–Crippen LogP) is 3.57. The number of H-pyrrole nitrogens is 1. The third-order valence-corrected chi connectivity index (χ3v) is 3.63. The SMILES string of the molecule is CCC(CNC)c1ccc2nc(C(C)(C)C)[nH]c2c1. The maximum Gasteiger partial charge on any atom is 0.112 e. The monoisotopic (exact) mass is 259 g/mol. The molecule has 104 valence electrons. The number of imidazole rings is 1. The van der Waals surface area contributed by atoms with Crippen LogP contribution in [0.25, 0.3) is 11.0 Å². The average molecular weight is 259 g/mol. The molecule has 1 unspecified atom stereocenters. The van der Waals surface area contributed by atoms with Crippen molar-refractivity contribution in [3.05, 3.63) is 29.6 Å². The van der Waals surface area contributed by atoms with Gasteiger partial charge >= 0.3 is 0 Å². The molecule has 0 saturated carbocycles. The van der Waals surface area contributed by atoms with Crippen molar-refractivity contribution in [3.63, 3.8) is 0 Å². The minimum Gasteiger partial charge on any atom is -0.342 e. The Morgan fingerprint density at radius 3 is 2.63 bits per heavy atom. The maximum absolute atomic E-state index is 4.69. The number of likely N-dealkylation sites (N-methyl/N-ethyl adjacent to an activating group) is 1. The van der Waals surface area contributed by atoms with Gasteiger partial charge in [0.15, 0.2) is 0 Å². The molecule has 0 aliphatic rings. The first-order chi connectivity index (χ1) is 8.95. The molecule has 1 atom stereocenters. The molecule has 1 heterocycles. The van der Waals surface area contributed by atoms with Gasteiger partial charge in [-0.3, -0.25) is 0 Å². The van der Waals surface area contributed by atoms with E-state index in [2.05, 4.69) is 61.2 Å². The van der Waals surface area contributed by atoms with E-state index < -0.39 is 0 Å². The molecule has 3 heteroatoms. The Bertz CT molecular complexity index is 549. The molecule has 2 N–H and O–H groups in total. The number of fused-ring (bicyclic) bond motifs is 1. The van der Waals surface area contributed by atoms with Crippen LogP contribution in [0.3, 0.4) is 0 Å². The second-order valence-electron chi connectivity index (χ2n) is 6.27. The van der Waals surface area contributed by atoms with Crippen LogP contribution in [0.2, 0.25) is 0 Å². The Morgan fingerprint density at radius 1 is 1.32 bits per heavy atom. The summed E-state index contributed by atoms with van der Waals surface area (Å²) < 4.78 is 0. The standard InChI is InChI=1S/C16H25N3/c1-6-11(10-17-5)12-7-8-13-14(9-12)19-15(18-13)16(2,3)4/h7-9,11,17H,6,10H2,1-5H3,(H,18,19). The van der Waals surface area contributed by atoms with E-state index >= 15 is 0 Å². The first-order valence-corrected chi connectivity index (χ1v) is 7.10. The van der Waals surface area contributed by atoms with Gasteiger partial charge in [0.05, 0.1) is 11.0 Å². The number of rotatable bonds is 4. The second kappa shape index (κ2) is 5.33. The van der Waals surface area contributed by atoms with Gasteiger partial charge in [0, 0.05) is 12.0 Å². The lowest BCUT2D eigenvalue weighted by atomic mass is 9.96. The summed E-state index contributed by atoms with van der Waals surface area (Å²) in [5.41, 5.74) is 3.66. The minimum absolute atomic E-state index is 0.0638. The van der Waals surface area contributed by atoms with Gasteiger partial charge in [-0.25, -0.2) is 4.98 Å². The Balaban J connectivity index is 2.40. The van der Waals surface area contributed by atoms with Crippen LogP contribution in [0.5, 0.6) is 0 Å². The van der Waals surface area contributed by atoms with Crippen LogP contribution in [-0.4, -0.2) is 23.6 Å². The molecule has 0 aliphatic carbocycles. The number of hydrogen-bond donors (Lipinski definition) is 2. The van der Waals surface area contributed by atoms with Gasteiger partial charge in [0.1, 0.15) is 5.82 Å². The molecule has 3 nitrogen and oxygen atoms in total. The molecule has 0 radical (unpaired) electrons. The number of benzene rings is 1. The van der Waals surface area contributed by atoms with Crippen LogP contribution in [0.15, 0.2) is 18.2 Å². The molecule has 2 aromatic rings. The first kappa shape index (κ1) is 14.1. The van der Waals surface area contributed by atoms with E-state index in [1.54, 1.807) is 0 Å². The highest BCUT2D eigenvalue weighted by Gasteiger charge is 2.18. The van der Waals surface area contributed by atoms with Gasteiger partial charge in [-0.05, 0) is 37.1 Å². The lowest BCUT2D eigenvalue weighted by Gasteiger charge is -2.14. The molecule has 0 spiro atoms. The predicted molar refractivity (Wildman–Crippen MR) is 81.8 cm³/mol. The molecule has 0 saturated heterocycles.